The van der Waals surface area contributed by atoms with Crippen molar-refractivity contribution in [2.24, 2.45) is 5.10 Å². The van der Waals surface area contributed by atoms with E-state index >= 15 is 0 Å². The number of hydrogen-bond donors (Lipinski definition) is 1. The van der Waals surface area contributed by atoms with Crippen LogP contribution in [0.5, 0.6) is 0 Å². The topological polar surface area (TPSA) is 42.2 Å². The van der Waals surface area contributed by atoms with Gasteiger partial charge in [-0.1, -0.05) is 54.6 Å². The Labute approximate surface area is 160 Å². The maximum atomic E-state index is 4.72. The summed E-state index contributed by atoms with van der Waals surface area (Å²) in [7, 11) is 0. The molecule has 3 aromatic carbocycles. The monoisotopic (exact) mass is 404 g/mol. The van der Waals surface area contributed by atoms with Gasteiger partial charge in [0, 0.05) is 11.0 Å². The molecule has 4 rings (SSSR count). The van der Waals surface area contributed by atoms with Crippen molar-refractivity contribution in [1.29, 1.82) is 0 Å². The van der Waals surface area contributed by atoms with E-state index in [9.17, 15) is 0 Å². The number of nitrogens with zero attached hydrogens (tertiary/aromatic N) is 3. The summed E-state index contributed by atoms with van der Waals surface area (Å²) in [6.07, 6.45) is 1.77. The molecule has 0 saturated heterocycles. The fourth-order valence-corrected chi connectivity index (χ4v) is 3.21. The number of fused-ring (bicyclic) bond motifs is 1. The lowest BCUT2D eigenvalue weighted by Gasteiger charge is -2.07. The second-order valence-electron chi connectivity index (χ2n) is 5.88. The van der Waals surface area contributed by atoms with Crippen LogP contribution in [-0.4, -0.2) is 15.8 Å². The lowest BCUT2D eigenvalue weighted by atomic mass is 10.2. The summed E-state index contributed by atoms with van der Waals surface area (Å²) < 4.78 is 3.14. The van der Waals surface area contributed by atoms with Crippen molar-refractivity contribution < 1.29 is 0 Å². The van der Waals surface area contributed by atoms with Gasteiger partial charge in [0.1, 0.15) is 0 Å². The molecule has 0 fully saturated rings. The van der Waals surface area contributed by atoms with Crippen LogP contribution in [0.2, 0.25) is 0 Å². The first-order chi connectivity index (χ1) is 12.8. The lowest BCUT2D eigenvalue weighted by Crippen LogP contribution is -2.05. The van der Waals surface area contributed by atoms with Gasteiger partial charge in [0.2, 0.25) is 0 Å². The minimum Gasteiger partial charge on any atom is -0.319 e. The van der Waals surface area contributed by atoms with Crippen LogP contribution in [0.25, 0.3) is 11.0 Å². The molecule has 0 radical (unpaired) electrons. The van der Waals surface area contributed by atoms with Crippen LogP contribution in [0.4, 0.5) is 5.69 Å². The Morgan fingerprint density at radius 2 is 1.65 bits per heavy atom. The Bertz CT molecular complexity index is 1050. The number of benzene rings is 3. The third-order valence-electron chi connectivity index (χ3n) is 4.11. The summed E-state index contributed by atoms with van der Waals surface area (Å²) in [6, 6.07) is 26.4. The van der Waals surface area contributed by atoms with Crippen molar-refractivity contribution in [2.75, 3.05) is 5.43 Å². The Morgan fingerprint density at radius 1 is 0.923 bits per heavy atom. The molecule has 0 atom stereocenters. The highest BCUT2D eigenvalue weighted by atomic mass is 79.9. The fourth-order valence-electron chi connectivity index (χ4n) is 2.84. The summed E-state index contributed by atoms with van der Waals surface area (Å²) in [5.74, 6) is 0.814. The van der Waals surface area contributed by atoms with Crippen molar-refractivity contribution in [2.45, 2.75) is 6.54 Å². The lowest BCUT2D eigenvalue weighted by molar-refractivity contribution is 0.816. The molecular weight excluding hydrogens is 388 g/mol. The molecule has 0 spiro atoms. The van der Waals surface area contributed by atoms with Crippen molar-refractivity contribution in [3.63, 3.8) is 0 Å². The summed E-state index contributed by atoms with van der Waals surface area (Å²) >= 11 is 3.51. The van der Waals surface area contributed by atoms with Gasteiger partial charge in [0.15, 0.2) is 5.82 Å². The zero-order valence-corrected chi connectivity index (χ0v) is 15.6. The maximum Gasteiger partial charge on any atom is 0.154 e. The van der Waals surface area contributed by atoms with Gasteiger partial charge in [-0.2, -0.15) is 5.10 Å². The Hall–Kier alpha value is -2.92. The minimum atomic E-state index is 0.748. The smallest absolute Gasteiger partial charge is 0.154 e. The quantitative estimate of drug-likeness (QED) is 0.362. The Balaban J connectivity index is 1.67. The number of rotatable bonds is 5. The molecule has 5 heteroatoms. The Morgan fingerprint density at radius 3 is 2.50 bits per heavy atom. The van der Waals surface area contributed by atoms with Crippen molar-refractivity contribution >= 4 is 38.9 Å². The normalized spacial score (nSPS) is 11.3. The van der Waals surface area contributed by atoms with E-state index in [1.54, 1.807) is 6.21 Å². The van der Waals surface area contributed by atoms with Gasteiger partial charge >= 0.3 is 0 Å². The molecule has 0 unspecified atom stereocenters. The van der Waals surface area contributed by atoms with Gasteiger partial charge in [0.05, 0.1) is 22.9 Å². The highest BCUT2D eigenvalue weighted by Crippen LogP contribution is 2.21. The average molecular weight is 405 g/mol. The minimum absolute atomic E-state index is 0.748. The molecule has 0 aliphatic heterocycles. The van der Waals surface area contributed by atoms with E-state index < -0.39 is 0 Å². The number of hydrogen-bond acceptors (Lipinski definition) is 3. The summed E-state index contributed by atoms with van der Waals surface area (Å²) in [5, 5.41) is 4.38. The molecule has 1 heterocycles. The molecule has 128 valence electrons. The highest BCUT2D eigenvalue weighted by molar-refractivity contribution is 9.10. The SMILES string of the molecule is Brc1ccccc1N/N=C/c1nc2ccccc2n1Cc1ccccc1. The van der Waals surface area contributed by atoms with E-state index in [0.29, 0.717) is 0 Å². The number of halogens is 1. The van der Waals surface area contributed by atoms with Crippen LogP contribution >= 0.6 is 15.9 Å². The standard InChI is InChI=1S/C21H17BrN4/c22-17-10-4-5-11-18(17)25-23-14-21-24-19-12-6-7-13-20(19)26(21)15-16-8-2-1-3-9-16/h1-14,25H,15H2/b23-14+. The molecule has 4 nitrogen and oxygen atoms in total. The zero-order valence-electron chi connectivity index (χ0n) is 14.0. The van der Waals surface area contributed by atoms with Crippen LogP contribution in [0.15, 0.2) is 88.4 Å². The van der Waals surface area contributed by atoms with Crippen molar-refractivity contribution in [3.8, 4) is 0 Å². The molecule has 0 aliphatic rings. The third-order valence-corrected chi connectivity index (χ3v) is 4.80. The van der Waals surface area contributed by atoms with Crippen LogP contribution in [0, 0.1) is 0 Å². The molecule has 26 heavy (non-hydrogen) atoms. The Kier molecular flexibility index (Phi) is 4.80. The molecule has 1 N–H and O–H groups in total. The summed E-state index contributed by atoms with van der Waals surface area (Å²) in [5.41, 5.74) is 7.26. The number of aromatic nitrogens is 2. The van der Waals surface area contributed by atoms with Crippen LogP contribution < -0.4 is 5.43 Å². The average Bonchev–Trinajstić information content (AvgIpc) is 3.02. The van der Waals surface area contributed by atoms with Crippen molar-refractivity contribution in [1.82, 2.24) is 9.55 Å². The second-order valence-corrected chi connectivity index (χ2v) is 6.73. The third kappa shape index (κ3) is 3.53. The number of hydrazone groups is 1. The number of imidazole rings is 1. The first-order valence-electron chi connectivity index (χ1n) is 8.34. The predicted molar refractivity (Wildman–Crippen MR) is 111 cm³/mol. The second kappa shape index (κ2) is 7.54. The first kappa shape index (κ1) is 16.5. The summed E-state index contributed by atoms with van der Waals surface area (Å²) in [4.78, 5) is 4.72. The van der Waals surface area contributed by atoms with Gasteiger partial charge in [-0.15, -0.1) is 0 Å². The van der Waals surface area contributed by atoms with Gasteiger partial charge in [-0.3, -0.25) is 5.43 Å². The fraction of sp³-hybridized carbons (Fsp3) is 0.0476. The summed E-state index contributed by atoms with van der Waals surface area (Å²) in [6.45, 7) is 0.748. The predicted octanol–water partition coefficient (Wildman–Crippen LogP) is 5.29. The van der Waals surface area contributed by atoms with E-state index in [0.717, 1.165) is 33.6 Å². The van der Waals surface area contributed by atoms with Gasteiger partial charge < -0.3 is 4.57 Å². The number of para-hydroxylation sites is 3. The highest BCUT2D eigenvalue weighted by Gasteiger charge is 2.09. The van der Waals surface area contributed by atoms with Gasteiger partial charge in [-0.05, 0) is 45.8 Å². The van der Waals surface area contributed by atoms with E-state index in [4.69, 9.17) is 4.98 Å². The molecule has 0 saturated carbocycles. The first-order valence-corrected chi connectivity index (χ1v) is 9.13. The largest absolute Gasteiger partial charge is 0.319 e. The molecular formula is C21H17BrN4. The van der Waals surface area contributed by atoms with E-state index in [2.05, 4.69) is 61.4 Å². The maximum absolute atomic E-state index is 4.72. The zero-order chi connectivity index (χ0) is 17.8. The molecule has 0 bridgehead atoms. The van der Waals surface area contributed by atoms with Crippen LogP contribution in [-0.2, 0) is 6.54 Å². The van der Waals surface area contributed by atoms with Crippen molar-refractivity contribution in [3.05, 3.63) is 94.7 Å². The van der Waals surface area contributed by atoms with Crippen LogP contribution in [0.3, 0.4) is 0 Å². The molecule has 0 aliphatic carbocycles. The van der Waals surface area contributed by atoms with E-state index in [1.165, 1.54) is 5.56 Å². The van der Waals surface area contributed by atoms with Crippen LogP contribution in [0.1, 0.15) is 11.4 Å². The molecule has 4 aromatic rings. The van der Waals surface area contributed by atoms with E-state index in [-0.39, 0.29) is 0 Å². The van der Waals surface area contributed by atoms with Gasteiger partial charge in [0.25, 0.3) is 0 Å². The molecule has 1 aromatic heterocycles. The van der Waals surface area contributed by atoms with E-state index in [1.807, 2.05) is 48.5 Å². The number of anilines is 1. The number of nitrogens with one attached hydrogen (secondary N) is 1. The molecule has 0 amide bonds. The van der Waals surface area contributed by atoms with Gasteiger partial charge in [-0.25, -0.2) is 4.98 Å².